The van der Waals surface area contributed by atoms with Crippen molar-refractivity contribution in [3.8, 4) is 0 Å². The van der Waals surface area contributed by atoms with Crippen LogP contribution in [0.3, 0.4) is 0 Å². The highest BCUT2D eigenvalue weighted by molar-refractivity contribution is 6.00. The molecule has 0 saturated carbocycles. The summed E-state index contributed by atoms with van der Waals surface area (Å²) in [6, 6.07) is 11.0. The Labute approximate surface area is 191 Å². The minimum absolute atomic E-state index is 0.0350. The third kappa shape index (κ3) is 5.44. The number of hydrogen-bond acceptors (Lipinski definition) is 7. The van der Waals surface area contributed by atoms with Crippen LogP contribution < -0.4 is 15.5 Å². The van der Waals surface area contributed by atoms with Crippen LogP contribution in [0.5, 0.6) is 0 Å². The van der Waals surface area contributed by atoms with Crippen LogP contribution in [0.15, 0.2) is 42.7 Å². The molecule has 11 heteroatoms. The Hall–Kier alpha value is -3.57. The topological polar surface area (TPSA) is 119 Å². The molecule has 0 fully saturated rings. The highest BCUT2D eigenvalue weighted by Gasteiger charge is 2.31. The van der Waals surface area contributed by atoms with Gasteiger partial charge < -0.3 is 15.4 Å². The molecule has 2 N–H and O–H groups in total. The number of aryl methyl sites for hydroxylation is 1. The van der Waals surface area contributed by atoms with Gasteiger partial charge in [-0.25, -0.2) is 14.3 Å². The normalized spacial score (nSPS) is 15.9. The molecule has 3 heterocycles. The molecule has 2 aromatic heterocycles. The third-order valence-corrected chi connectivity index (χ3v) is 5.43. The summed E-state index contributed by atoms with van der Waals surface area (Å²) >= 11 is 0. The van der Waals surface area contributed by atoms with Gasteiger partial charge in [0.1, 0.15) is 18.2 Å². The lowest BCUT2D eigenvalue weighted by Gasteiger charge is -2.19. The van der Waals surface area contributed by atoms with Crippen molar-refractivity contribution in [1.82, 2.24) is 35.2 Å². The predicted octanol–water partition coefficient (Wildman–Crippen LogP) is 0.424. The number of fused-ring (bicyclic) bond motifs is 1. The lowest BCUT2D eigenvalue weighted by molar-refractivity contribution is -0.120. The van der Waals surface area contributed by atoms with Crippen molar-refractivity contribution in [2.45, 2.75) is 32.1 Å². The number of methoxy groups -OCH3 is 1. The number of benzene rings is 1. The quantitative estimate of drug-likeness (QED) is 0.452. The molecule has 174 valence electrons. The van der Waals surface area contributed by atoms with Gasteiger partial charge in [0.2, 0.25) is 5.82 Å². The predicted molar refractivity (Wildman–Crippen MR) is 121 cm³/mol. The first-order chi connectivity index (χ1) is 16.0. The molecule has 3 aromatic rings. The fourth-order valence-corrected chi connectivity index (χ4v) is 3.69. The molecule has 33 heavy (non-hydrogen) atoms. The summed E-state index contributed by atoms with van der Waals surface area (Å²) in [5, 5.41) is 14.9. The number of likely N-dealkylation sites (N-methyl/N-ethyl adjacent to an activating group) is 1. The molecule has 11 nitrogen and oxygen atoms in total. The second kappa shape index (κ2) is 10.4. The Morgan fingerprint density at radius 2 is 2.06 bits per heavy atom. The lowest BCUT2D eigenvalue weighted by atomic mass is 10.2. The van der Waals surface area contributed by atoms with E-state index in [2.05, 4.69) is 25.8 Å². The maximum absolute atomic E-state index is 13.0. The highest BCUT2D eigenvalue weighted by atomic mass is 16.5. The van der Waals surface area contributed by atoms with Crippen molar-refractivity contribution in [3.63, 3.8) is 0 Å². The Morgan fingerprint density at radius 1 is 1.24 bits per heavy atom. The number of hydrogen-bond donors (Lipinski definition) is 2. The maximum Gasteiger partial charge on any atom is 0.291 e. The SMILES string of the molecule is COCCNCc1cc2n(n1)CC[C@H](NC(=O)c1ncn(Cc3ccccc3)n1)C(=O)N2C. The van der Waals surface area contributed by atoms with Gasteiger partial charge in [0, 0.05) is 39.9 Å². The van der Waals surface area contributed by atoms with Gasteiger partial charge >= 0.3 is 0 Å². The van der Waals surface area contributed by atoms with Crippen molar-refractivity contribution < 1.29 is 14.3 Å². The summed E-state index contributed by atoms with van der Waals surface area (Å²) in [6.07, 6.45) is 1.94. The number of nitrogens with zero attached hydrogens (tertiary/aromatic N) is 6. The molecule has 4 rings (SSSR count). The first-order valence-corrected chi connectivity index (χ1v) is 10.8. The number of ether oxygens (including phenoxy) is 1. The van der Waals surface area contributed by atoms with Crippen molar-refractivity contribution in [2.75, 3.05) is 32.2 Å². The number of anilines is 1. The molecule has 0 unspecified atom stereocenters. The van der Waals surface area contributed by atoms with E-state index in [1.54, 1.807) is 23.5 Å². The van der Waals surface area contributed by atoms with Crippen LogP contribution in [-0.2, 0) is 29.2 Å². The second-order valence-corrected chi connectivity index (χ2v) is 7.85. The summed E-state index contributed by atoms with van der Waals surface area (Å²) in [4.78, 5) is 31.4. The van der Waals surface area contributed by atoms with Gasteiger partial charge in [-0.2, -0.15) is 5.10 Å². The first kappa shape index (κ1) is 22.6. The van der Waals surface area contributed by atoms with E-state index in [1.165, 1.54) is 11.2 Å². The van der Waals surface area contributed by atoms with E-state index >= 15 is 0 Å². The minimum Gasteiger partial charge on any atom is -0.383 e. The Kier molecular flexibility index (Phi) is 7.10. The molecule has 1 atom stereocenters. The molecule has 0 aliphatic carbocycles. The van der Waals surface area contributed by atoms with E-state index in [0.29, 0.717) is 38.5 Å². The van der Waals surface area contributed by atoms with Gasteiger partial charge in [-0.05, 0) is 12.0 Å². The zero-order valence-corrected chi connectivity index (χ0v) is 18.8. The van der Waals surface area contributed by atoms with E-state index in [1.807, 2.05) is 36.4 Å². The zero-order chi connectivity index (χ0) is 23.2. The summed E-state index contributed by atoms with van der Waals surface area (Å²) in [5.41, 5.74) is 1.90. The maximum atomic E-state index is 13.0. The fraction of sp³-hybridized carbons (Fsp3) is 0.409. The average Bonchev–Trinajstić information content (AvgIpc) is 3.44. The van der Waals surface area contributed by atoms with E-state index < -0.39 is 11.9 Å². The van der Waals surface area contributed by atoms with Crippen molar-refractivity contribution in [3.05, 3.63) is 59.8 Å². The minimum atomic E-state index is -0.687. The number of rotatable bonds is 9. The van der Waals surface area contributed by atoms with Crippen LogP contribution >= 0.6 is 0 Å². The lowest BCUT2D eigenvalue weighted by Crippen LogP contribution is -2.47. The molecule has 0 radical (unpaired) electrons. The van der Waals surface area contributed by atoms with Crippen LogP contribution in [0.4, 0.5) is 5.82 Å². The molecule has 1 aliphatic heterocycles. The van der Waals surface area contributed by atoms with Crippen LogP contribution in [0, 0.1) is 0 Å². The standard InChI is InChI=1S/C22H28N8O3/c1-28-19-12-17(13-23-9-11-33-2)26-30(19)10-8-18(22(28)32)25-21(31)20-24-15-29(27-20)14-16-6-4-3-5-7-16/h3-7,12,15,18,23H,8-11,13-14H2,1-2H3,(H,25,31)/t18-/m0/s1. The highest BCUT2D eigenvalue weighted by Crippen LogP contribution is 2.21. The van der Waals surface area contributed by atoms with Crippen LogP contribution in [-0.4, -0.2) is 69.7 Å². The van der Waals surface area contributed by atoms with Crippen LogP contribution in [0.2, 0.25) is 0 Å². The van der Waals surface area contributed by atoms with Gasteiger partial charge in [-0.1, -0.05) is 30.3 Å². The molecular weight excluding hydrogens is 424 g/mol. The average molecular weight is 453 g/mol. The third-order valence-electron chi connectivity index (χ3n) is 5.43. The number of amides is 2. The van der Waals surface area contributed by atoms with Gasteiger partial charge in [-0.15, -0.1) is 5.10 Å². The molecule has 1 aromatic carbocycles. The molecular formula is C22H28N8O3. The summed E-state index contributed by atoms with van der Waals surface area (Å²) in [6.45, 7) is 2.94. The number of carbonyl (C=O) groups is 2. The van der Waals surface area contributed by atoms with Gasteiger partial charge in [0.05, 0.1) is 18.8 Å². The Morgan fingerprint density at radius 3 is 2.85 bits per heavy atom. The van der Waals surface area contributed by atoms with Gasteiger partial charge in [-0.3, -0.25) is 14.5 Å². The van der Waals surface area contributed by atoms with Crippen LogP contribution in [0.1, 0.15) is 28.3 Å². The fourth-order valence-electron chi connectivity index (χ4n) is 3.69. The Bertz CT molecular complexity index is 1090. The molecule has 0 bridgehead atoms. The van der Waals surface area contributed by atoms with E-state index in [9.17, 15) is 9.59 Å². The second-order valence-electron chi connectivity index (χ2n) is 7.85. The number of carbonyl (C=O) groups excluding carboxylic acids is 2. The Balaban J connectivity index is 1.36. The van der Waals surface area contributed by atoms with Gasteiger partial charge in [0.25, 0.3) is 11.8 Å². The summed E-state index contributed by atoms with van der Waals surface area (Å²) in [7, 11) is 3.35. The number of nitrogens with one attached hydrogen (secondary N) is 2. The zero-order valence-electron chi connectivity index (χ0n) is 18.8. The summed E-state index contributed by atoms with van der Waals surface area (Å²) in [5.74, 6) is 0.0547. The summed E-state index contributed by atoms with van der Waals surface area (Å²) < 4.78 is 8.42. The van der Waals surface area contributed by atoms with E-state index in [-0.39, 0.29) is 11.7 Å². The van der Waals surface area contributed by atoms with Gasteiger partial charge in [0.15, 0.2) is 0 Å². The monoisotopic (exact) mass is 452 g/mol. The van der Waals surface area contributed by atoms with Crippen molar-refractivity contribution in [2.24, 2.45) is 0 Å². The van der Waals surface area contributed by atoms with Crippen LogP contribution in [0.25, 0.3) is 0 Å². The molecule has 1 aliphatic rings. The first-order valence-electron chi connectivity index (χ1n) is 10.8. The number of aromatic nitrogens is 5. The molecule has 2 amide bonds. The smallest absolute Gasteiger partial charge is 0.291 e. The van der Waals surface area contributed by atoms with E-state index in [4.69, 9.17) is 4.74 Å². The molecule has 0 saturated heterocycles. The van der Waals surface area contributed by atoms with Crippen molar-refractivity contribution in [1.29, 1.82) is 0 Å². The van der Waals surface area contributed by atoms with Crippen molar-refractivity contribution >= 4 is 17.6 Å². The van der Waals surface area contributed by atoms with E-state index in [0.717, 1.165) is 17.8 Å². The molecule has 0 spiro atoms. The largest absolute Gasteiger partial charge is 0.383 e.